The Morgan fingerprint density at radius 3 is 3.00 bits per heavy atom. The van der Waals surface area contributed by atoms with Crippen LogP contribution >= 0.6 is 33.9 Å². The molecule has 62 valence electrons. The van der Waals surface area contributed by atoms with Crippen LogP contribution in [0.3, 0.4) is 0 Å². The van der Waals surface area contributed by atoms with Crippen LogP contribution in [0.1, 0.15) is 5.01 Å². The number of hydrogen-bond acceptors (Lipinski definition) is 4. The van der Waals surface area contributed by atoms with Crippen molar-refractivity contribution in [1.29, 1.82) is 0 Å². The van der Waals surface area contributed by atoms with Gasteiger partial charge in [-0.25, -0.2) is 0 Å². The van der Waals surface area contributed by atoms with Gasteiger partial charge in [-0.05, 0) is 28.7 Å². The average Bonchev–Trinajstić information content (AvgIpc) is 2.63. The summed E-state index contributed by atoms with van der Waals surface area (Å²) in [5, 5.41) is 13.0. The minimum absolute atomic E-state index is 0.716. The van der Waals surface area contributed by atoms with Gasteiger partial charge in [0.1, 0.15) is 5.01 Å². The van der Waals surface area contributed by atoms with E-state index in [0.29, 0.717) is 6.54 Å². The molecule has 0 N–H and O–H groups in total. The summed E-state index contributed by atoms with van der Waals surface area (Å²) in [4.78, 5) is 0. The normalized spacial score (nSPS) is 10.4. The molecule has 0 atom stereocenters. The number of aromatic nitrogens is 4. The van der Waals surface area contributed by atoms with Crippen LogP contribution in [0, 0.1) is 3.01 Å². The van der Waals surface area contributed by atoms with Crippen LogP contribution in [0.4, 0.5) is 0 Å². The molecule has 12 heavy (non-hydrogen) atoms. The molecule has 0 aromatic carbocycles. The second-order valence-electron chi connectivity index (χ2n) is 2.15. The molecule has 0 saturated heterocycles. The fourth-order valence-electron chi connectivity index (χ4n) is 0.830. The largest absolute Gasteiger partial charge is 0.266 e. The van der Waals surface area contributed by atoms with Gasteiger partial charge in [0.2, 0.25) is 0 Å². The maximum Gasteiger partial charge on any atom is 0.178 e. The second kappa shape index (κ2) is 3.48. The summed E-state index contributed by atoms with van der Waals surface area (Å²) in [6.07, 6.45) is 3.67. The van der Waals surface area contributed by atoms with E-state index in [0.717, 1.165) is 8.02 Å². The lowest BCUT2D eigenvalue weighted by molar-refractivity contribution is 0.677. The van der Waals surface area contributed by atoms with Crippen LogP contribution in [0.2, 0.25) is 0 Å². The van der Waals surface area contributed by atoms with Gasteiger partial charge in [0.25, 0.3) is 0 Å². The van der Waals surface area contributed by atoms with Gasteiger partial charge < -0.3 is 0 Å². The molecule has 2 heterocycles. The van der Waals surface area contributed by atoms with Crippen LogP contribution < -0.4 is 0 Å². The van der Waals surface area contributed by atoms with E-state index in [1.165, 1.54) is 0 Å². The SMILES string of the molecule is Ic1nnc(Cn2cccn2)s1. The quantitative estimate of drug-likeness (QED) is 0.786. The third-order valence-corrected chi connectivity index (χ3v) is 2.87. The molecule has 0 fully saturated rings. The first kappa shape index (κ1) is 8.11. The van der Waals surface area contributed by atoms with E-state index in [2.05, 4.69) is 37.9 Å². The highest BCUT2D eigenvalue weighted by Gasteiger charge is 2.01. The van der Waals surface area contributed by atoms with E-state index >= 15 is 0 Å². The van der Waals surface area contributed by atoms with E-state index in [1.807, 2.05) is 16.9 Å². The third-order valence-electron chi connectivity index (χ3n) is 1.30. The summed E-state index contributed by atoms with van der Waals surface area (Å²) < 4.78 is 2.80. The van der Waals surface area contributed by atoms with Gasteiger partial charge in [0.15, 0.2) is 3.01 Å². The summed E-state index contributed by atoms with van der Waals surface area (Å²) in [5.74, 6) is 0. The standard InChI is InChI=1S/C6H5IN4S/c7-6-10-9-5(12-6)4-11-3-1-2-8-11/h1-3H,4H2. The number of rotatable bonds is 2. The maximum absolute atomic E-state index is 4.07. The van der Waals surface area contributed by atoms with Gasteiger partial charge in [-0.15, -0.1) is 10.2 Å². The number of halogens is 1. The van der Waals surface area contributed by atoms with E-state index in [4.69, 9.17) is 0 Å². The minimum atomic E-state index is 0.716. The van der Waals surface area contributed by atoms with Crippen molar-refractivity contribution < 1.29 is 0 Å². The molecular formula is C6H5IN4S. The van der Waals surface area contributed by atoms with E-state index in [-0.39, 0.29) is 0 Å². The highest BCUT2D eigenvalue weighted by molar-refractivity contribution is 14.1. The Morgan fingerprint density at radius 1 is 1.50 bits per heavy atom. The molecule has 0 spiro atoms. The van der Waals surface area contributed by atoms with Crippen LogP contribution in [0.5, 0.6) is 0 Å². The Kier molecular flexibility index (Phi) is 2.35. The molecule has 4 nitrogen and oxygen atoms in total. The smallest absolute Gasteiger partial charge is 0.178 e. The van der Waals surface area contributed by atoms with Crippen molar-refractivity contribution in [2.45, 2.75) is 6.54 Å². The first-order chi connectivity index (χ1) is 5.84. The van der Waals surface area contributed by atoms with E-state index in [9.17, 15) is 0 Å². The van der Waals surface area contributed by atoms with Crippen molar-refractivity contribution in [2.24, 2.45) is 0 Å². The Balaban J connectivity index is 2.14. The zero-order valence-electron chi connectivity index (χ0n) is 6.01. The van der Waals surface area contributed by atoms with Gasteiger partial charge in [-0.1, -0.05) is 11.3 Å². The Bertz CT molecular complexity index is 355. The topological polar surface area (TPSA) is 43.6 Å². The minimum Gasteiger partial charge on any atom is -0.266 e. The molecule has 0 unspecified atom stereocenters. The molecule has 6 heteroatoms. The van der Waals surface area contributed by atoms with Crippen LogP contribution in [0.25, 0.3) is 0 Å². The first-order valence-corrected chi connectivity index (χ1v) is 5.19. The zero-order valence-corrected chi connectivity index (χ0v) is 8.99. The molecule has 0 aliphatic heterocycles. The zero-order chi connectivity index (χ0) is 8.39. The number of hydrogen-bond donors (Lipinski definition) is 0. The molecule has 0 saturated carbocycles. The lowest BCUT2D eigenvalue weighted by Crippen LogP contribution is -1.98. The van der Waals surface area contributed by atoms with Gasteiger partial charge >= 0.3 is 0 Å². The molecule has 0 aliphatic carbocycles. The fraction of sp³-hybridized carbons (Fsp3) is 0.167. The van der Waals surface area contributed by atoms with Crippen molar-refractivity contribution in [1.82, 2.24) is 20.0 Å². The second-order valence-corrected chi connectivity index (χ2v) is 4.97. The number of nitrogens with zero attached hydrogens (tertiary/aromatic N) is 4. The van der Waals surface area contributed by atoms with Gasteiger partial charge in [0, 0.05) is 12.4 Å². The lowest BCUT2D eigenvalue weighted by Gasteiger charge is -1.93. The highest BCUT2D eigenvalue weighted by atomic mass is 127. The monoisotopic (exact) mass is 292 g/mol. The van der Waals surface area contributed by atoms with Crippen LogP contribution in [0.15, 0.2) is 18.5 Å². The average molecular weight is 292 g/mol. The Hall–Kier alpha value is -0.500. The van der Waals surface area contributed by atoms with Crippen molar-refractivity contribution >= 4 is 33.9 Å². The summed E-state index contributed by atoms with van der Waals surface area (Å²) in [6, 6.07) is 1.89. The summed E-state index contributed by atoms with van der Waals surface area (Å²) in [6.45, 7) is 0.716. The fourth-order valence-corrected chi connectivity index (χ4v) is 2.25. The summed E-state index contributed by atoms with van der Waals surface area (Å²) in [5.41, 5.74) is 0. The molecule has 0 bridgehead atoms. The molecule has 2 aromatic rings. The lowest BCUT2D eigenvalue weighted by atomic mass is 10.7. The Morgan fingerprint density at radius 2 is 2.42 bits per heavy atom. The molecule has 0 radical (unpaired) electrons. The van der Waals surface area contributed by atoms with Crippen molar-refractivity contribution in [2.75, 3.05) is 0 Å². The molecule has 0 aliphatic rings. The summed E-state index contributed by atoms with van der Waals surface area (Å²) >= 11 is 3.75. The van der Waals surface area contributed by atoms with Crippen LogP contribution in [-0.4, -0.2) is 20.0 Å². The van der Waals surface area contributed by atoms with E-state index in [1.54, 1.807) is 17.5 Å². The van der Waals surface area contributed by atoms with Crippen molar-refractivity contribution in [3.05, 3.63) is 26.5 Å². The van der Waals surface area contributed by atoms with Gasteiger partial charge in [0.05, 0.1) is 6.54 Å². The molecule has 2 aromatic heterocycles. The molecule has 2 rings (SSSR count). The van der Waals surface area contributed by atoms with E-state index < -0.39 is 0 Å². The molecule has 0 amide bonds. The predicted octanol–water partition coefficient (Wildman–Crippen LogP) is 1.39. The highest BCUT2D eigenvalue weighted by Crippen LogP contribution is 2.12. The van der Waals surface area contributed by atoms with Gasteiger partial charge in [-0.2, -0.15) is 5.10 Å². The van der Waals surface area contributed by atoms with Crippen molar-refractivity contribution in [3.8, 4) is 0 Å². The van der Waals surface area contributed by atoms with Crippen LogP contribution in [-0.2, 0) is 6.54 Å². The third kappa shape index (κ3) is 1.81. The van der Waals surface area contributed by atoms with Crippen molar-refractivity contribution in [3.63, 3.8) is 0 Å². The summed E-state index contributed by atoms with van der Waals surface area (Å²) in [7, 11) is 0. The maximum atomic E-state index is 4.07. The Labute approximate surface area is 86.8 Å². The molecular weight excluding hydrogens is 287 g/mol. The first-order valence-electron chi connectivity index (χ1n) is 3.30. The van der Waals surface area contributed by atoms with Gasteiger partial charge in [-0.3, -0.25) is 4.68 Å². The predicted molar refractivity (Wildman–Crippen MR) is 54.0 cm³/mol.